The van der Waals surface area contributed by atoms with Crippen LogP contribution in [-0.2, 0) is 21.4 Å². The lowest BCUT2D eigenvalue weighted by atomic mass is 10.2. The molecular formula is C16H19BrN2O3S2. The fraction of sp³-hybridized carbons (Fsp3) is 0.312. The fourth-order valence-corrected chi connectivity index (χ4v) is 4.84. The van der Waals surface area contributed by atoms with Crippen molar-refractivity contribution in [3.8, 4) is 0 Å². The number of halogens is 1. The second-order valence-electron chi connectivity index (χ2n) is 5.42. The van der Waals surface area contributed by atoms with E-state index in [1.54, 1.807) is 30.4 Å². The van der Waals surface area contributed by atoms with E-state index in [1.807, 2.05) is 24.4 Å². The van der Waals surface area contributed by atoms with Gasteiger partial charge >= 0.3 is 0 Å². The van der Waals surface area contributed by atoms with Crippen molar-refractivity contribution in [2.45, 2.75) is 31.7 Å². The van der Waals surface area contributed by atoms with Crippen LogP contribution in [0.4, 0.5) is 0 Å². The van der Waals surface area contributed by atoms with Gasteiger partial charge in [0.05, 0.1) is 11.4 Å². The Labute approximate surface area is 154 Å². The van der Waals surface area contributed by atoms with Crippen molar-refractivity contribution in [2.24, 2.45) is 0 Å². The highest BCUT2D eigenvalue weighted by atomic mass is 79.9. The van der Waals surface area contributed by atoms with E-state index < -0.39 is 10.0 Å². The molecule has 2 aromatic rings. The average Bonchev–Trinajstić information content (AvgIpc) is 2.93. The summed E-state index contributed by atoms with van der Waals surface area (Å²) in [6.45, 7) is 4.10. The molecule has 0 aliphatic carbocycles. The predicted octanol–water partition coefficient (Wildman–Crippen LogP) is 3.11. The van der Waals surface area contributed by atoms with Crippen LogP contribution in [0.5, 0.6) is 0 Å². The van der Waals surface area contributed by atoms with Crippen LogP contribution >= 0.6 is 27.3 Å². The van der Waals surface area contributed by atoms with Gasteiger partial charge < -0.3 is 5.32 Å². The molecule has 8 heteroatoms. The molecule has 1 aromatic carbocycles. The van der Waals surface area contributed by atoms with Gasteiger partial charge in [0, 0.05) is 27.7 Å². The van der Waals surface area contributed by atoms with Crippen molar-refractivity contribution >= 4 is 43.2 Å². The Kier molecular flexibility index (Phi) is 6.56. The minimum atomic E-state index is -3.61. The van der Waals surface area contributed by atoms with Gasteiger partial charge in [0.1, 0.15) is 0 Å². The third-order valence-corrected chi connectivity index (χ3v) is 6.66. The molecule has 2 rings (SSSR count). The molecule has 0 atom stereocenters. The number of hydrogen-bond acceptors (Lipinski definition) is 4. The largest absolute Gasteiger partial charge is 0.351 e. The van der Waals surface area contributed by atoms with Gasteiger partial charge in [-0.25, -0.2) is 13.1 Å². The molecule has 0 aliphatic heterocycles. The maximum absolute atomic E-state index is 12.3. The monoisotopic (exact) mass is 430 g/mol. The fourth-order valence-electron chi connectivity index (χ4n) is 2.09. The van der Waals surface area contributed by atoms with Crippen LogP contribution in [0.25, 0.3) is 0 Å². The van der Waals surface area contributed by atoms with Crippen molar-refractivity contribution in [1.29, 1.82) is 0 Å². The van der Waals surface area contributed by atoms with Crippen LogP contribution in [0.1, 0.15) is 22.4 Å². The van der Waals surface area contributed by atoms with E-state index >= 15 is 0 Å². The number of carbonyl (C=O) groups excluding carboxylic acids is 1. The minimum Gasteiger partial charge on any atom is -0.351 e. The predicted molar refractivity (Wildman–Crippen MR) is 99.6 cm³/mol. The highest BCUT2D eigenvalue weighted by Crippen LogP contribution is 2.19. The van der Waals surface area contributed by atoms with Crippen LogP contribution in [0.2, 0.25) is 0 Å². The van der Waals surface area contributed by atoms with E-state index in [9.17, 15) is 13.2 Å². The molecule has 0 aliphatic rings. The van der Waals surface area contributed by atoms with Gasteiger partial charge in [-0.05, 0) is 53.0 Å². The Balaban J connectivity index is 1.84. The van der Waals surface area contributed by atoms with Crippen molar-refractivity contribution in [1.82, 2.24) is 10.0 Å². The Hall–Kier alpha value is -1.22. The molecular weight excluding hydrogens is 412 g/mol. The lowest BCUT2D eigenvalue weighted by Gasteiger charge is -2.10. The van der Waals surface area contributed by atoms with Gasteiger partial charge in [-0.2, -0.15) is 0 Å². The summed E-state index contributed by atoms with van der Waals surface area (Å²) in [6, 6.07) is 7.21. The topological polar surface area (TPSA) is 75.3 Å². The number of carbonyl (C=O) groups is 1. The Morgan fingerprint density at radius 3 is 2.67 bits per heavy atom. The zero-order valence-electron chi connectivity index (χ0n) is 13.4. The standard InChI is InChI=1S/C16H19BrN2O3S2/c1-11-3-4-12(2)15(7-11)24(21,22)19-6-5-16(20)18-9-14-8-13(17)10-23-14/h3-4,7-8,10,19H,5-6,9H2,1-2H3,(H,18,20). The Bertz CT molecular complexity index is 832. The highest BCUT2D eigenvalue weighted by molar-refractivity contribution is 9.10. The van der Waals surface area contributed by atoms with Gasteiger partial charge in [-0.15, -0.1) is 11.3 Å². The van der Waals surface area contributed by atoms with Gasteiger partial charge in [0.15, 0.2) is 0 Å². The molecule has 0 spiro atoms. The zero-order valence-corrected chi connectivity index (χ0v) is 16.6. The number of sulfonamides is 1. The number of hydrogen-bond donors (Lipinski definition) is 2. The lowest BCUT2D eigenvalue weighted by Crippen LogP contribution is -2.30. The van der Waals surface area contributed by atoms with Crippen molar-refractivity contribution in [3.63, 3.8) is 0 Å². The van der Waals surface area contributed by atoms with Crippen molar-refractivity contribution in [3.05, 3.63) is 50.1 Å². The van der Waals surface area contributed by atoms with E-state index in [-0.39, 0.29) is 23.8 Å². The van der Waals surface area contributed by atoms with Crippen LogP contribution in [0.15, 0.2) is 39.0 Å². The summed E-state index contributed by atoms with van der Waals surface area (Å²) in [5, 5.41) is 4.72. The summed E-state index contributed by atoms with van der Waals surface area (Å²) in [5.41, 5.74) is 1.56. The maximum Gasteiger partial charge on any atom is 0.240 e. The first-order valence-electron chi connectivity index (χ1n) is 7.34. The maximum atomic E-state index is 12.3. The van der Waals surface area contributed by atoms with E-state index in [0.717, 1.165) is 14.9 Å². The smallest absolute Gasteiger partial charge is 0.240 e. The normalized spacial score (nSPS) is 11.5. The second-order valence-corrected chi connectivity index (χ2v) is 9.07. The van der Waals surface area contributed by atoms with E-state index in [2.05, 4.69) is 26.0 Å². The van der Waals surface area contributed by atoms with Crippen molar-refractivity contribution < 1.29 is 13.2 Å². The number of aryl methyl sites for hydroxylation is 2. The molecule has 0 saturated heterocycles. The Morgan fingerprint density at radius 1 is 1.25 bits per heavy atom. The number of amides is 1. The molecule has 2 N–H and O–H groups in total. The van der Waals surface area contributed by atoms with Crippen LogP contribution in [-0.4, -0.2) is 20.9 Å². The molecule has 0 bridgehead atoms. The molecule has 24 heavy (non-hydrogen) atoms. The first kappa shape index (κ1) is 19.1. The molecule has 1 heterocycles. The number of thiophene rings is 1. The summed E-state index contributed by atoms with van der Waals surface area (Å²) in [5.74, 6) is -0.191. The van der Waals surface area contributed by atoms with Gasteiger partial charge in [0.25, 0.3) is 0 Å². The molecule has 0 saturated carbocycles. The molecule has 5 nitrogen and oxygen atoms in total. The van der Waals surface area contributed by atoms with Gasteiger partial charge in [-0.1, -0.05) is 12.1 Å². The average molecular weight is 431 g/mol. The molecule has 1 aromatic heterocycles. The molecule has 0 fully saturated rings. The van der Waals surface area contributed by atoms with Crippen LogP contribution in [0.3, 0.4) is 0 Å². The van der Waals surface area contributed by atoms with Crippen LogP contribution < -0.4 is 10.0 Å². The summed E-state index contributed by atoms with van der Waals surface area (Å²) in [6.07, 6.45) is 0.0939. The summed E-state index contributed by atoms with van der Waals surface area (Å²) < 4.78 is 28.1. The van der Waals surface area contributed by atoms with Gasteiger partial charge in [0.2, 0.25) is 15.9 Å². The molecule has 130 valence electrons. The van der Waals surface area contributed by atoms with E-state index in [1.165, 1.54) is 0 Å². The minimum absolute atomic E-state index is 0.0652. The first-order valence-corrected chi connectivity index (χ1v) is 10.5. The van der Waals surface area contributed by atoms with Crippen molar-refractivity contribution in [2.75, 3.05) is 6.54 Å². The zero-order chi connectivity index (χ0) is 17.7. The second kappa shape index (κ2) is 8.24. The lowest BCUT2D eigenvalue weighted by molar-refractivity contribution is -0.121. The SMILES string of the molecule is Cc1ccc(C)c(S(=O)(=O)NCCC(=O)NCc2cc(Br)cs2)c1. The summed E-state index contributed by atoms with van der Waals surface area (Å²) >= 11 is 4.90. The van der Waals surface area contributed by atoms with E-state index in [0.29, 0.717) is 12.1 Å². The first-order chi connectivity index (χ1) is 11.3. The molecule has 1 amide bonds. The van der Waals surface area contributed by atoms with E-state index in [4.69, 9.17) is 0 Å². The third kappa shape index (κ3) is 5.41. The highest BCUT2D eigenvalue weighted by Gasteiger charge is 2.17. The number of rotatable bonds is 7. The Morgan fingerprint density at radius 2 is 2.00 bits per heavy atom. The summed E-state index contributed by atoms with van der Waals surface area (Å²) in [4.78, 5) is 13.1. The number of benzene rings is 1. The third-order valence-electron chi connectivity index (χ3n) is 3.36. The quantitative estimate of drug-likeness (QED) is 0.708. The number of nitrogens with one attached hydrogen (secondary N) is 2. The molecule has 0 radical (unpaired) electrons. The summed E-state index contributed by atoms with van der Waals surface area (Å²) in [7, 11) is -3.61. The van der Waals surface area contributed by atoms with Crippen LogP contribution in [0, 0.1) is 13.8 Å². The molecule has 0 unspecified atom stereocenters. The van der Waals surface area contributed by atoms with Gasteiger partial charge in [-0.3, -0.25) is 4.79 Å².